The summed E-state index contributed by atoms with van der Waals surface area (Å²) >= 11 is 0. The molecule has 3 rings (SSSR count). The van der Waals surface area contributed by atoms with Gasteiger partial charge in [-0.1, -0.05) is 0 Å². The van der Waals surface area contributed by atoms with E-state index in [0.717, 1.165) is 12.8 Å². The lowest BCUT2D eigenvalue weighted by molar-refractivity contribution is -0.143. The Morgan fingerprint density at radius 3 is 2.52 bits per heavy atom. The summed E-state index contributed by atoms with van der Waals surface area (Å²) in [6, 6.07) is 2.23. The molecule has 1 aromatic heterocycles. The highest BCUT2D eigenvalue weighted by molar-refractivity contribution is 5.95. The van der Waals surface area contributed by atoms with Crippen molar-refractivity contribution in [3.05, 3.63) is 28.7 Å². The quantitative estimate of drug-likeness (QED) is 0.841. The number of aromatic nitrogens is 1. The maximum Gasteiger partial charge on any atom is 0.320 e. The number of nitrogens with one attached hydrogen (secondary N) is 1. The van der Waals surface area contributed by atoms with Crippen molar-refractivity contribution in [2.45, 2.75) is 57.3 Å². The molecule has 23 heavy (non-hydrogen) atoms. The van der Waals surface area contributed by atoms with Crippen molar-refractivity contribution in [3.8, 4) is 0 Å². The number of carboxylic acid groups (broad SMARTS) is 1. The number of nitrogens with zero attached hydrogens (tertiary/aromatic N) is 2. The normalized spacial score (nSPS) is 24.6. The number of pyridine rings is 1. The van der Waals surface area contributed by atoms with Gasteiger partial charge in [-0.3, -0.25) is 19.3 Å². The van der Waals surface area contributed by atoms with Crippen molar-refractivity contribution in [1.29, 1.82) is 0 Å². The third-order valence-electron chi connectivity index (χ3n) is 4.58. The number of hydrogen-bond donors (Lipinski definition) is 2. The molecule has 124 valence electrons. The molecule has 7 heteroatoms. The Morgan fingerprint density at radius 1 is 1.22 bits per heavy atom. The van der Waals surface area contributed by atoms with Crippen molar-refractivity contribution < 1.29 is 14.7 Å². The zero-order valence-corrected chi connectivity index (χ0v) is 13.1. The van der Waals surface area contributed by atoms with Crippen LogP contribution in [0.1, 0.15) is 32.6 Å². The first-order valence-corrected chi connectivity index (χ1v) is 8.03. The van der Waals surface area contributed by atoms with Gasteiger partial charge < -0.3 is 15.0 Å². The number of amides is 1. The van der Waals surface area contributed by atoms with E-state index in [-0.39, 0.29) is 17.5 Å². The minimum Gasteiger partial charge on any atom is -0.480 e. The number of rotatable bonds is 5. The predicted molar refractivity (Wildman–Crippen MR) is 84.3 cm³/mol. The third kappa shape index (κ3) is 3.14. The molecule has 1 saturated carbocycles. The Balaban J connectivity index is 1.75. The van der Waals surface area contributed by atoms with Crippen LogP contribution < -0.4 is 10.9 Å². The number of likely N-dealkylation sites (tertiary alicyclic amines) is 1. The lowest BCUT2D eigenvalue weighted by atomic mass is 10.2. The maximum absolute atomic E-state index is 12.6. The fraction of sp³-hybridized carbons (Fsp3) is 0.562. The molecule has 1 aliphatic carbocycles. The monoisotopic (exact) mass is 319 g/mol. The average molecular weight is 319 g/mol. The Kier molecular flexibility index (Phi) is 4.21. The standard InChI is InChI=1S/C16H21N3O4/c1-2-18-9-10(3-8-14(18)20)17-15(21)12-6-7-13(16(22)23)19(12)11-4-5-11/h3,8-9,11-13H,2,4-7H2,1H3,(H,17,21)(H,22,23). The van der Waals surface area contributed by atoms with E-state index < -0.39 is 18.1 Å². The van der Waals surface area contributed by atoms with Crippen LogP contribution in [0.3, 0.4) is 0 Å². The molecule has 0 bridgehead atoms. The van der Waals surface area contributed by atoms with Gasteiger partial charge in [0.05, 0.1) is 11.7 Å². The van der Waals surface area contributed by atoms with Crippen molar-refractivity contribution in [2.75, 3.05) is 5.32 Å². The highest BCUT2D eigenvalue weighted by Crippen LogP contribution is 2.37. The number of anilines is 1. The van der Waals surface area contributed by atoms with E-state index in [4.69, 9.17) is 0 Å². The van der Waals surface area contributed by atoms with Crippen LogP contribution in [-0.2, 0) is 16.1 Å². The summed E-state index contributed by atoms with van der Waals surface area (Å²) < 4.78 is 1.52. The number of carbonyl (C=O) groups is 2. The molecule has 7 nitrogen and oxygen atoms in total. The van der Waals surface area contributed by atoms with Gasteiger partial charge in [0.2, 0.25) is 5.91 Å². The second kappa shape index (κ2) is 6.16. The molecule has 2 unspecified atom stereocenters. The molecule has 0 spiro atoms. The van der Waals surface area contributed by atoms with Crippen LogP contribution in [0.2, 0.25) is 0 Å². The highest BCUT2D eigenvalue weighted by atomic mass is 16.4. The Morgan fingerprint density at radius 2 is 1.91 bits per heavy atom. The fourth-order valence-corrected chi connectivity index (χ4v) is 3.31. The average Bonchev–Trinajstić information content (AvgIpc) is 3.26. The molecule has 1 saturated heterocycles. The van der Waals surface area contributed by atoms with Gasteiger partial charge in [0, 0.05) is 24.8 Å². The summed E-state index contributed by atoms with van der Waals surface area (Å²) in [4.78, 5) is 37.4. The Hall–Kier alpha value is -2.15. The van der Waals surface area contributed by atoms with Crippen molar-refractivity contribution >= 4 is 17.6 Å². The molecule has 2 heterocycles. The zero-order chi connectivity index (χ0) is 16.6. The molecule has 1 aromatic rings. The van der Waals surface area contributed by atoms with Crippen LogP contribution in [0.25, 0.3) is 0 Å². The number of aliphatic carboxylic acids is 1. The summed E-state index contributed by atoms with van der Waals surface area (Å²) in [5, 5.41) is 12.2. The summed E-state index contributed by atoms with van der Waals surface area (Å²) in [5.74, 6) is -1.05. The van der Waals surface area contributed by atoms with Gasteiger partial charge in [-0.05, 0) is 38.7 Å². The Labute approximate surface area is 133 Å². The topological polar surface area (TPSA) is 91.6 Å². The van der Waals surface area contributed by atoms with Gasteiger partial charge in [0.25, 0.3) is 5.56 Å². The van der Waals surface area contributed by atoms with Gasteiger partial charge in [-0.2, -0.15) is 0 Å². The van der Waals surface area contributed by atoms with Crippen LogP contribution in [0, 0.1) is 0 Å². The molecule has 2 fully saturated rings. The number of carbonyl (C=O) groups excluding carboxylic acids is 1. The summed E-state index contributed by atoms with van der Waals surface area (Å²) in [6.07, 6.45) is 4.57. The smallest absolute Gasteiger partial charge is 0.320 e. The second-order valence-electron chi connectivity index (χ2n) is 6.16. The number of hydrogen-bond acceptors (Lipinski definition) is 4. The minimum absolute atomic E-state index is 0.114. The van der Waals surface area contributed by atoms with Gasteiger partial charge >= 0.3 is 5.97 Å². The number of aryl methyl sites for hydroxylation is 1. The van der Waals surface area contributed by atoms with Crippen LogP contribution in [0.5, 0.6) is 0 Å². The first-order chi connectivity index (χ1) is 11.0. The van der Waals surface area contributed by atoms with Gasteiger partial charge in [-0.25, -0.2) is 0 Å². The van der Waals surface area contributed by atoms with E-state index in [1.54, 1.807) is 12.3 Å². The SMILES string of the molecule is CCn1cc(NC(=O)C2CCC(C(=O)O)N2C2CC2)ccc1=O. The van der Waals surface area contributed by atoms with Crippen molar-refractivity contribution in [1.82, 2.24) is 9.47 Å². The van der Waals surface area contributed by atoms with E-state index in [1.807, 2.05) is 11.8 Å². The van der Waals surface area contributed by atoms with E-state index in [9.17, 15) is 19.5 Å². The van der Waals surface area contributed by atoms with E-state index in [2.05, 4.69) is 5.32 Å². The lowest BCUT2D eigenvalue weighted by Gasteiger charge is -2.27. The van der Waals surface area contributed by atoms with E-state index in [1.165, 1.54) is 10.6 Å². The number of carboxylic acids is 1. The van der Waals surface area contributed by atoms with Crippen molar-refractivity contribution in [2.24, 2.45) is 0 Å². The van der Waals surface area contributed by atoms with Gasteiger partial charge in [-0.15, -0.1) is 0 Å². The zero-order valence-electron chi connectivity index (χ0n) is 13.1. The van der Waals surface area contributed by atoms with E-state index >= 15 is 0 Å². The second-order valence-corrected chi connectivity index (χ2v) is 6.16. The minimum atomic E-state index is -0.855. The van der Waals surface area contributed by atoms with Gasteiger partial charge in [0.1, 0.15) is 6.04 Å². The molecule has 2 N–H and O–H groups in total. The largest absolute Gasteiger partial charge is 0.480 e. The van der Waals surface area contributed by atoms with E-state index in [0.29, 0.717) is 25.1 Å². The Bertz CT molecular complexity index is 680. The molecule has 1 aliphatic heterocycles. The molecular formula is C16H21N3O4. The first-order valence-electron chi connectivity index (χ1n) is 8.03. The predicted octanol–water partition coefficient (Wildman–Crippen LogP) is 0.887. The van der Waals surface area contributed by atoms with Crippen LogP contribution >= 0.6 is 0 Å². The first kappa shape index (κ1) is 15.7. The van der Waals surface area contributed by atoms with Crippen LogP contribution in [0.4, 0.5) is 5.69 Å². The van der Waals surface area contributed by atoms with Crippen LogP contribution in [0.15, 0.2) is 23.1 Å². The molecule has 0 radical (unpaired) electrons. The lowest BCUT2D eigenvalue weighted by Crippen LogP contribution is -2.47. The maximum atomic E-state index is 12.6. The van der Waals surface area contributed by atoms with Gasteiger partial charge in [0.15, 0.2) is 0 Å². The molecular weight excluding hydrogens is 298 g/mol. The summed E-state index contributed by atoms with van der Waals surface area (Å²) in [6.45, 7) is 2.39. The molecule has 2 aliphatic rings. The molecule has 2 atom stereocenters. The molecule has 0 aromatic carbocycles. The van der Waals surface area contributed by atoms with Crippen molar-refractivity contribution in [3.63, 3.8) is 0 Å². The highest BCUT2D eigenvalue weighted by Gasteiger charge is 2.48. The van der Waals surface area contributed by atoms with Crippen LogP contribution in [-0.4, -0.2) is 44.6 Å². The third-order valence-corrected chi connectivity index (χ3v) is 4.58. The fourth-order valence-electron chi connectivity index (χ4n) is 3.31. The summed E-state index contributed by atoms with van der Waals surface area (Å²) in [5.41, 5.74) is 0.447. The summed E-state index contributed by atoms with van der Waals surface area (Å²) in [7, 11) is 0. The molecule has 1 amide bonds.